The van der Waals surface area contributed by atoms with Gasteiger partial charge in [-0.2, -0.15) is 0 Å². The topological polar surface area (TPSA) is 82.1 Å². The molecule has 0 aliphatic carbocycles. The number of carbonyl (C=O) groups excluding carboxylic acids is 2. The summed E-state index contributed by atoms with van der Waals surface area (Å²) in [5.74, 6) is -1.55. The third-order valence-corrected chi connectivity index (χ3v) is 1.91. The van der Waals surface area contributed by atoms with Crippen molar-refractivity contribution in [1.29, 1.82) is 0 Å². The highest BCUT2D eigenvalue weighted by atomic mass is 16.6. The maximum absolute atomic E-state index is 11.0. The van der Waals surface area contributed by atoms with Crippen molar-refractivity contribution in [3.8, 4) is 0 Å². The van der Waals surface area contributed by atoms with Crippen molar-refractivity contribution in [1.82, 2.24) is 0 Å². The van der Waals surface area contributed by atoms with Gasteiger partial charge < -0.3 is 19.3 Å². The molecule has 0 saturated heterocycles. The highest BCUT2D eigenvalue weighted by molar-refractivity contribution is 5.66. The molecule has 0 aromatic heterocycles. The molecule has 90 valence electrons. The Morgan fingerprint density at radius 2 is 2.25 bits per heavy atom. The van der Waals surface area contributed by atoms with Crippen molar-refractivity contribution in [2.24, 2.45) is 0 Å². The Labute approximate surface area is 95.6 Å². The first-order chi connectivity index (χ1) is 8.58. The fourth-order valence-corrected chi connectivity index (χ4v) is 1.24. The van der Waals surface area contributed by atoms with Crippen LogP contribution in [0.5, 0.6) is 0 Å². The number of ether oxygens (including phenoxy) is 3. The molecule has 0 aromatic carbocycles. The molecule has 16 heavy (non-hydrogen) atoms. The van der Waals surface area contributed by atoms with Gasteiger partial charge in [0.1, 0.15) is 12.7 Å². The SMILES string of the molecule is [2H]CC(=O)OC[C@H]1OC=C[C@@H](O)[C@@H]1OC(=O)C[2H]. The van der Waals surface area contributed by atoms with E-state index in [2.05, 4.69) is 4.74 Å². The second-order valence-electron chi connectivity index (χ2n) is 3.13. The van der Waals surface area contributed by atoms with Gasteiger partial charge in [0.25, 0.3) is 0 Å². The first-order valence-electron chi connectivity index (χ1n) is 5.93. The molecule has 1 rings (SSSR count). The summed E-state index contributed by atoms with van der Waals surface area (Å²) in [5.41, 5.74) is 0. The lowest BCUT2D eigenvalue weighted by molar-refractivity contribution is -0.168. The highest BCUT2D eigenvalue weighted by Crippen LogP contribution is 2.16. The van der Waals surface area contributed by atoms with Crippen LogP contribution in [0.1, 0.15) is 16.5 Å². The number of aliphatic hydroxyl groups is 1. The molecule has 0 unspecified atom stereocenters. The Morgan fingerprint density at radius 1 is 1.50 bits per heavy atom. The van der Waals surface area contributed by atoms with Gasteiger partial charge in [0.05, 0.1) is 6.26 Å². The van der Waals surface area contributed by atoms with E-state index >= 15 is 0 Å². The predicted octanol–water partition coefficient (Wildman–Crippen LogP) is -0.245. The summed E-state index contributed by atoms with van der Waals surface area (Å²) in [7, 11) is 0. The minimum absolute atomic E-state index is 0.241. The van der Waals surface area contributed by atoms with Crippen LogP contribution in [0.25, 0.3) is 0 Å². The zero-order valence-corrected chi connectivity index (χ0v) is 8.50. The van der Waals surface area contributed by atoms with Crippen LogP contribution >= 0.6 is 0 Å². The monoisotopic (exact) mass is 232 g/mol. The van der Waals surface area contributed by atoms with Crippen LogP contribution in [0.3, 0.4) is 0 Å². The molecular formula is C10H14O6. The summed E-state index contributed by atoms with van der Waals surface area (Å²) in [5, 5.41) is 9.62. The Balaban J connectivity index is 2.59. The lowest BCUT2D eigenvalue weighted by Gasteiger charge is -2.30. The van der Waals surface area contributed by atoms with Gasteiger partial charge >= 0.3 is 11.9 Å². The van der Waals surface area contributed by atoms with Crippen LogP contribution in [0.4, 0.5) is 0 Å². The van der Waals surface area contributed by atoms with Crippen LogP contribution < -0.4 is 0 Å². The predicted molar refractivity (Wildman–Crippen MR) is 52.2 cm³/mol. The summed E-state index contributed by atoms with van der Waals surface area (Å²) in [6.07, 6.45) is -0.476. The molecule has 0 saturated carbocycles. The van der Waals surface area contributed by atoms with Gasteiger partial charge in [0, 0.05) is 16.5 Å². The molecule has 1 aliphatic rings. The maximum Gasteiger partial charge on any atom is 0.303 e. The molecule has 1 heterocycles. The van der Waals surface area contributed by atoms with Gasteiger partial charge in [-0.15, -0.1) is 0 Å². The smallest absolute Gasteiger partial charge is 0.303 e. The van der Waals surface area contributed by atoms with E-state index in [1.807, 2.05) is 0 Å². The van der Waals surface area contributed by atoms with Gasteiger partial charge in [-0.25, -0.2) is 0 Å². The van der Waals surface area contributed by atoms with Crippen molar-refractivity contribution in [2.75, 3.05) is 6.61 Å². The van der Waals surface area contributed by atoms with Gasteiger partial charge in [-0.05, 0) is 6.08 Å². The number of hydrogen-bond acceptors (Lipinski definition) is 6. The molecule has 0 fully saturated rings. The fourth-order valence-electron chi connectivity index (χ4n) is 1.24. The van der Waals surface area contributed by atoms with Crippen molar-refractivity contribution in [3.05, 3.63) is 12.3 Å². The molecule has 0 radical (unpaired) electrons. The molecule has 1 aliphatic heterocycles. The normalized spacial score (nSPS) is 29.7. The van der Waals surface area contributed by atoms with E-state index in [4.69, 9.17) is 12.2 Å². The van der Waals surface area contributed by atoms with E-state index in [0.717, 1.165) is 0 Å². The zero-order valence-electron chi connectivity index (χ0n) is 10.5. The van der Waals surface area contributed by atoms with E-state index in [1.165, 1.54) is 12.3 Å². The molecular weight excluding hydrogens is 216 g/mol. The molecule has 0 spiro atoms. The summed E-state index contributed by atoms with van der Waals surface area (Å²) < 4.78 is 28.2. The molecule has 0 aromatic rings. The first-order valence-corrected chi connectivity index (χ1v) is 4.52. The zero-order chi connectivity index (χ0) is 13.5. The Morgan fingerprint density at radius 3 is 2.94 bits per heavy atom. The molecule has 6 heteroatoms. The van der Waals surface area contributed by atoms with Crippen molar-refractivity contribution in [2.45, 2.75) is 32.1 Å². The number of hydrogen-bond donors (Lipinski definition) is 1. The summed E-state index contributed by atoms with van der Waals surface area (Å²) in [4.78, 5) is 21.9. The van der Waals surface area contributed by atoms with Gasteiger partial charge in [0.15, 0.2) is 12.2 Å². The highest BCUT2D eigenvalue weighted by Gasteiger charge is 2.34. The van der Waals surface area contributed by atoms with Crippen LogP contribution in [0.2, 0.25) is 0 Å². The largest absolute Gasteiger partial charge is 0.491 e. The lowest BCUT2D eigenvalue weighted by atomic mass is 10.1. The molecule has 3 atom stereocenters. The van der Waals surface area contributed by atoms with E-state index in [9.17, 15) is 14.7 Å². The van der Waals surface area contributed by atoms with Crippen LogP contribution in [0, 0.1) is 0 Å². The van der Waals surface area contributed by atoms with Crippen molar-refractivity contribution >= 4 is 11.9 Å². The van der Waals surface area contributed by atoms with E-state index in [-0.39, 0.29) is 6.61 Å². The van der Waals surface area contributed by atoms with Crippen LogP contribution in [0.15, 0.2) is 12.3 Å². The van der Waals surface area contributed by atoms with E-state index in [1.54, 1.807) is 0 Å². The van der Waals surface area contributed by atoms with Gasteiger partial charge in [-0.3, -0.25) is 9.59 Å². The summed E-state index contributed by atoms with van der Waals surface area (Å²) in [6.45, 7) is -1.34. The van der Waals surface area contributed by atoms with E-state index in [0.29, 0.717) is 0 Å². The van der Waals surface area contributed by atoms with Crippen molar-refractivity contribution < 1.29 is 31.6 Å². The maximum atomic E-state index is 11.0. The quantitative estimate of drug-likeness (QED) is 0.676. The van der Waals surface area contributed by atoms with Crippen LogP contribution in [-0.4, -0.2) is 42.0 Å². The fraction of sp³-hybridized carbons (Fsp3) is 0.600. The van der Waals surface area contributed by atoms with Gasteiger partial charge in [-0.1, -0.05) is 0 Å². The van der Waals surface area contributed by atoms with Crippen molar-refractivity contribution in [3.63, 3.8) is 0 Å². The molecule has 1 N–H and O–H groups in total. The summed E-state index contributed by atoms with van der Waals surface area (Å²) in [6, 6.07) is 0. The molecule has 6 nitrogen and oxygen atoms in total. The minimum Gasteiger partial charge on any atom is -0.491 e. The second kappa shape index (κ2) is 5.50. The standard InChI is InChI=1S/C10H14O6/c1-6(11)15-5-9-10(16-7(2)12)8(13)3-4-14-9/h3-4,8-10,13H,5H2,1-2H3/t8-,9-,10+/m1/s1/i1D,2D. The average Bonchev–Trinajstić information content (AvgIpc) is 2.38. The molecule has 0 amide bonds. The Hall–Kier alpha value is -1.56. The number of esters is 2. The average molecular weight is 232 g/mol. The molecule has 0 bridgehead atoms. The lowest BCUT2D eigenvalue weighted by Crippen LogP contribution is -2.45. The van der Waals surface area contributed by atoms with Gasteiger partial charge in [0.2, 0.25) is 0 Å². The summed E-state index contributed by atoms with van der Waals surface area (Å²) >= 11 is 0. The first kappa shape index (κ1) is 9.65. The number of aliphatic hydroxyl groups excluding tert-OH is 1. The Bertz CT molecular complexity index is 332. The minimum atomic E-state index is -1.09. The number of carbonyl (C=O) groups is 2. The van der Waals surface area contributed by atoms with Crippen LogP contribution in [-0.2, 0) is 23.8 Å². The van der Waals surface area contributed by atoms with E-state index < -0.39 is 44.1 Å². The number of rotatable bonds is 3. The third kappa shape index (κ3) is 3.54. The third-order valence-electron chi connectivity index (χ3n) is 1.91. The Kier molecular flexibility index (Phi) is 3.32. The second-order valence-corrected chi connectivity index (χ2v) is 3.13.